The third-order valence-corrected chi connectivity index (χ3v) is 4.19. The van der Waals surface area contributed by atoms with Crippen molar-refractivity contribution in [3.8, 4) is 0 Å². The van der Waals surface area contributed by atoms with Crippen LogP contribution in [-0.4, -0.2) is 23.8 Å². The molecule has 0 radical (unpaired) electrons. The number of hydrogen-bond donors (Lipinski definition) is 3. The lowest BCUT2D eigenvalue weighted by Gasteiger charge is -2.34. The minimum absolute atomic E-state index is 0.0725. The predicted octanol–water partition coefficient (Wildman–Crippen LogP) is 2.99. The smallest absolute Gasteiger partial charge is 0.315 e. The molecule has 21 heavy (non-hydrogen) atoms. The van der Waals surface area contributed by atoms with Crippen molar-refractivity contribution in [1.29, 1.82) is 0 Å². The average molecular weight is 290 g/mol. The molecule has 4 heteroatoms. The summed E-state index contributed by atoms with van der Waals surface area (Å²) in [5.41, 5.74) is 1.16. The number of amides is 2. The van der Waals surface area contributed by atoms with Gasteiger partial charge in [0, 0.05) is 6.54 Å². The Bertz CT molecular complexity index is 432. The lowest BCUT2D eigenvalue weighted by molar-refractivity contribution is 0.157. The van der Waals surface area contributed by atoms with Gasteiger partial charge >= 0.3 is 6.03 Å². The Morgan fingerprint density at radius 2 is 2.05 bits per heavy atom. The molecule has 0 aromatic heterocycles. The van der Waals surface area contributed by atoms with Crippen molar-refractivity contribution in [3.05, 3.63) is 35.9 Å². The standard InChI is InChI=1S/C17H26N2O2/c1-2-7-15(20)12-18-17(21)19-16(14-10-6-11-14)13-8-4-3-5-9-13/h3-5,8-9,14-16,20H,2,6-7,10-12H2,1H3,(H2,18,19,21). The summed E-state index contributed by atoms with van der Waals surface area (Å²) in [7, 11) is 0. The van der Waals surface area contributed by atoms with E-state index in [-0.39, 0.29) is 12.1 Å². The number of nitrogens with one attached hydrogen (secondary N) is 2. The summed E-state index contributed by atoms with van der Waals surface area (Å²) in [5, 5.41) is 15.5. The second kappa shape index (κ2) is 8.03. The first-order chi connectivity index (χ1) is 10.2. The van der Waals surface area contributed by atoms with E-state index in [0.29, 0.717) is 18.9 Å². The molecule has 0 spiro atoms. The van der Waals surface area contributed by atoms with Crippen LogP contribution in [0.25, 0.3) is 0 Å². The van der Waals surface area contributed by atoms with Crippen LogP contribution in [0.15, 0.2) is 30.3 Å². The topological polar surface area (TPSA) is 61.4 Å². The van der Waals surface area contributed by atoms with Crippen LogP contribution in [0.2, 0.25) is 0 Å². The lowest BCUT2D eigenvalue weighted by atomic mass is 9.77. The predicted molar refractivity (Wildman–Crippen MR) is 84.0 cm³/mol. The van der Waals surface area contributed by atoms with Gasteiger partial charge in [0.25, 0.3) is 0 Å². The summed E-state index contributed by atoms with van der Waals surface area (Å²) >= 11 is 0. The maximum Gasteiger partial charge on any atom is 0.315 e. The number of aliphatic hydroxyl groups excluding tert-OH is 1. The minimum Gasteiger partial charge on any atom is -0.391 e. The Hall–Kier alpha value is -1.55. The summed E-state index contributed by atoms with van der Waals surface area (Å²) in [6.45, 7) is 2.33. The van der Waals surface area contributed by atoms with Gasteiger partial charge in [-0.2, -0.15) is 0 Å². The molecule has 0 bridgehead atoms. The quantitative estimate of drug-likeness (QED) is 0.723. The Morgan fingerprint density at radius 3 is 2.62 bits per heavy atom. The number of benzene rings is 1. The van der Waals surface area contributed by atoms with E-state index in [2.05, 4.69) is 22.8 Å². The van der Waals surface area contributed by atoms with Gasteiger partial charge in [-0.1, -0.05) is 50.1 Å². The second-order valence-electron chi connectivity index (χ2n) is 5.88. The third-order valence-electron chi connectivity index (χ3n) is 4.19. The molecule has 0 aliphatic heterocycles. The van der Waals surface area contributed by atoms with Crippen molar-refractivity contribution < 1.29 is 9.90 Å². The fraction of sp³-hybridized carbons (Fsp3) is 0.588. The van der Waals surface area contributed by atoms with E-state index < -0.39 is 6.10 Å². The highest BCUT2D eigenvalue weighted by molar-refractivity contribution is 5.74. The maximum absolute atomic E-state index is 12.0. The van der Waals surface area contributed by atoms with Gasteiger partial charge in [-0.05, 0) is 30.7 Å². The van der Waals surface area contributed by atoms with E-state index in [4.69, 9.17) is 0 Å². The van der Waals surface area contributed by atoms with Crippen molar-refractivity contribution in [2.45, 2.75) is 51.2 Å². The van der Waals surface area contributed by atoms with Crippen LogP contribution in [-0.2, 0) is 0 Å². The van der Waals surface area contributed by atoms with Crippen LogP contribution in [0.4, 0.5) is 4.79 Å². The van der Waals surface area contributed by atoms with Crippen molar-refractivity contribution >= 4 is 6.03 Å². The van der Waals surface area contributed by atoms with Crippen molar-refractivity contribution in [1.82, 2.24) is 10.6 Å². The molecule has 0 heterocycles. The van der Waals surface area contributed by atoms with E-state index in [9.17, 15) is 9.90 Å². The highest BCUT2D eigenvalue weighted by Crippen LogP contribution is 2.37. The average Bonchev–Trinajstić information content (AvgIpc) is 2.44. The van der Waals surface area contributed by atoms with Crippen molar-refractivity contribution in [2.24, 2.45) is 5.92 Å². The zero-order valence-electron chi connectivity index (χ0n) is 12.7. The molecule has 2 atom stereocenters. The van der Waals surface area contributed by atoms with Crippen LogP contribution < -0.4 is 10.6 Å². The molecule has 1 saturated carbocycles. The van der Waals surface area contributed by atoms with Crippen LogP contribution in [0.3, 0.4) is 0 Å². The molecule has 1 aromatic rings. The molecule has 2 amide bonds. The molecular formula is C17H26N2O2. The fourth-order valence-corrected chi connectivity index (χ4v) is 2.74. The zero-order valence-corrected chi connectivity index (χ0v) is 12.7. The van der Waals surface area contributed by atoms with Crippen LogP contribution >= 0.6 is 0 Å². The summed E-state index contributed by atoms with van der Waals surface area (Å²) in [6.07, 6.45) is 4.74. The summed E-state index contributed by atoms with van der Waals surface area (Å²) in [6, 6.07) is 10.0. The van der Waals surface area contributed by atoms with Gasteiger partial charge in [0.05, 0.1) is 12.1 Å². The third kappa shape index (κ3) is 4.74. The molecule has 2 rings (SSSR count). The van der Waals surface area contributed by atoms with E-state index >= 15 is 0 Å². The Labute approximate surface area is 126 Å². The normalized spacial score (nSPS) is 17.6. The Kier molecular flexibility index (Phi) is 6.05. The number of aliphatic hydroxyl groups is 1. The van der Waals surface area contributed by atoms with Gasteiger partial charge in [0.2, 0.25) is 0 Å². The minimum atomic E-state index is -0.459. The molecule has 2 unspecified atom stereocenters. The molecular weight excluding hydrogens is 264 g/mol. The molecule has 1 fully saturated rings. The van der Waals surface area contributed by atoms with Crippen LogP contribution in [0.5, 0.6) is 0 Å². The molecule has 1 aliphatic rings. The molecule has 116 valence electrons. The van der Waals surface area contributed by atoms with Gasteiger partial charge in [-0.3, -0.25) is 0 Å². The molecule has 4 nitrogen and oxygen atoms in total. The zero-order chi connectivity index (χ0) is 15.1. The molecule has 3 N–H and O–H groups in total. The van der Waals surface area contributed by atoms with E-state index in [1.807, 2.05) is 25.1 Å². The van der Waals surface area contributed by atoms with Crippen LogP contribution in [0, 0.1) is 5.92 Å². The first-order valence-corrected chi connectivity index (χ1v) is 7.98. The monoisotopic (exact) mass is 290 g/mol. The van der Waals surface area contributed by atoms with E-state index in [1.54, 1.807) is 0 Å². The number of hydrogen-bond acceptors (Lipinski definition) is 2. The molecule has 1 aromatic carbocycles. The molecule has 1 aliphatic carbocycles. The molecule has 0 saturated heterocycles. The summed E-state index contributed by atoms with van der Waals surface area (Å²) < 4.78 is 0. The van der Waals surface area contributed by atoms with Crippen molar-refractivity contribution in [2.75, 3.05) is 6.54 Å². The highest BCUT2D eigenvalue weighted by Gasteiger charge is 2.29. The van der Waals surface area contributed by atoms with Gasteiger partial charge < -0.3 is 15.7 Å². The highest BCUT2D eigenvalue weighted by atomic mass is 16.3. The van der Waals surface area contributed by atoms with Crippen LogP contribution in [0.1, 0.15) is 50.6 Å². The number of carbonyl (C=O) groups excluding carboxylic acids is 1. The van der Waals surface area contributed by atoms with Gasteiger partial charge in [-0.15, -0.1) is 0 Å². The Balaban J connectivity index is 1.88. The first kappa shape index (κ1) is 15.8. The van der Waals surface area contributed by atoms with Gasteiger partial charge in [0.1, 0.15) is 0 Å². The number of urea groups is 1. The van der Waals surface area contributed by atoms with Gasteiger partial charge in [-0.25, -0.2) is 4.79 Å². The number of rotatable bonds is 7. The van der Waals surface area contributed by atoms with E-state index in [1.165, 1.54) is 6.42 Å². The fourth-order valence-electron chi connectivity index (χ4n) is 2.74. The summed E-state index contributed by atoms with van der Waals surface area (Å²) in [4.78, 5) is 12.0. The lowest BCUT2D eigenvalue weighted by Crippen LogP contribution is -2.44. The Morgan fingerprint density at radius 1 is 1.33 bits per heavy atom. The maximum atomic E-state index is 12.0. The SMILES string of the molecule is CCCC(O)CNC(=O)NC(c1ccccc1)C1CCC1. The van der Waals surface area contributed by atoms with Crippen molar-refractivity contribution in [3.63, 3.8) is 0 Å². The first-order valence-electron chi connectivity index (χ1n) is 7.98. The summed E-state index contributed by atoms with van der Waals surface area (Å²) in [5.74, 6) is 0.527. The van der Waals surface area contributed by atoms with Gasteiger partial charge in [0.15, 0.2) is 0 Å². The largest absolute Gasteiger partial charge is 0.391 e. The second-order valence-corrected chi connectivity index (χ2v) is 5.88. The number of carbonyl (C=O) groups is 1. The van der Waals surface area contributed by atoms with E-state index in [0.717, 1.165) is 24.8 Å².